The fourth-order valence-corrected chi connectivity index (χ4v) is 4.24. The zero-order valence-electron chi connectivity index (χ0n) is 10.8. The summed E-state index contributed by atoms with van der Waals surface area (Å²) in [6, 6.07) is 9.45. The minimum atomic E-state index is -3.48. The molecule has 0 fully saturated rings. The molecule has 20 heavy (non-hydrogen) atoms. The molecule has 0 radical (unpaired) electrons. The van der Waals surface area contributed by atoms with Gasteiger partial charge in [0.1, 0.15) is 0 Å². The third kappa shape index (κ3) is 4.31. The summed E-state index contributed by atoms with van der Waals surface area (Å²) in [6.45, 7) is 2.08. The zero-order chi connectivity index (χ0) is 14.8. The van der Waals surface area contributed by atoms with Gasteiger partial charge in [-0.1, -0.05) is 12.1 Å². The monoisotopic (exact) mass is 374 g/mol. The molecule has 1 atom stereocenters. The summed E-state index contributed by atoms with van der Waals surface area (Å²) in [5, 5.41) is 10.4. The number of nitrogens with two attached hydrogens (primary N) is 1. The predicted molar refractivity (Wildman–Crippen MR) is 87.3 cm³/mol. The first kappa shape index (κ1) is 15.5. The topological polar surface area (TPSA) is 72.2 Å². The minimum Gasteiger partial charge on any atom is -0.378 e. The van der Waals surface area contributed by atoms with Crippen molar-refractivity contribution in [3.63, 3.8) is 0 Å². The third-order valence-electron chi connectivity index (χ3n) is 2.74. The van der Waals surface area contributed by atoms with E-state index in [4.69, 9.17) is 5.14 Å². The molecule has 0 aliphatic carbocycles. The van der Waals surface area contributed by atoms with Crippen LogP contribution < -0.4 is 10.5 Å². The van der Waals surface area contributed by atoms with Crippen molar-refractivity contribution in [1.82, 2.24) is 0 Å². The number of rotatable bonds is 5. The van der Waals surface area contributed by atoms with E-state index in [9.17, 15) is 8.42 Å². The lowest BCUT2D eigenvalue weighted by Crippen LogP contribution is -2.14. The molecule has 0 bridgehead atoms. The second-order valence-electron chi connectivity index (χ2n) is 4.50. The Balaban J connectivity index is 2.06. The molecular formula is C13H15BrN2O2S2. The highest BCUT2D eigenvalue weighted by Crippen LogP contribution is 2.31. The van der Waals surface area contributed by atoms with Gasteiger partial charge in [-0.25, -0.2) is 13.6 Å². The first-order valence-electron chi connectivity index (χ1n) is 5.94. The van der Waals surface area contributed by atoms with Crippen LogP contribution in [0, 0.1) is 0 Å². The van der Waals surface area contributed by atoms with E-state index in [1.54, 1.807) is 23.5 Å². The Morgan fingerprint density at radius 2 is 1.95 bits per heavy atom. The van der Waals surface area contributed by atoms with E-state index in [0.717, 1.165) is 10.2 Å². The standard InChI is InChI=1S/C13H15BrN2O2S2/c1-9(13-12(14)6-7-19-13)16-11-4-2-10(3-5-11)8-20(15,17)18/h2-7,9,16H,8H2,1H3,(H2,15,17,18). The molecule has 2 rings (SSSR count). The summed E-state index contributed by atoms with van der Waals surface area (Å²) in [5.74, 6) is -0.140. The van der Waals surface area contributed by atoms with Gasteiger partial charge in [0.25, 0.3) is 0 Å². The highest BCUT2D eigenvalue weighted by atomic mass is 79.9. The van der Waals surface area contributed by atoms with Crippen LogP contribution >= 0.6 is 27.3 Å². The van der Waals surface area contributed by atoms with Gasteiger partial charge < -0.3 is 5.32 Å². The summed E-state index contributed by atoms with van der Waals surface area (Å²) < 4.78 is 23.1. The van der Waals surface area contributed by atoms with Gasteiger partial charge in [0.15, 0.2) is 0 Å². The van der Waals surface area contributed by atoms with Crippen LogP contribution in [-0.2, 0) is 15.8 Å². The second-order valence-corrected chi connectivity index (χ2v) is 7.92. The van der Waals surface area contributed by atoms with E-state index >= 15 is 0 Å². The third-order valence-corrected chi connectivity index (χ3v) is 5.53. The first-order chi connectivity index (χ1) is 9.35. The fourth-order valence-electron chi connectivity index (χ4n) is 1.86. The van der Waals surface area contributed by atoms with E-state index < -0.39 is 10.0 Å². The average Bonchev–Trinajstić information content (AvgIpc) is 2.76. The van der Waals surface area contributed by atoms with E-state index in [0.29, 0.717) is 5.56 Å². The van der Waals surface area contributed by atoms with Gasteiger partial charge in [0.05, 0.1) is 11.8 Å². The number of benzene rings is 1. The quantitative estimate of drug-likeness (QED) is 0.841. The Morgan fingerprint density at radius 1 is 1.30 bits per heavy atom. The fraction of sp³-hybridized carbons (Fsp3) is 0.231. The summed E-state index contributed by atoms with van der Waals surface area (Å²) in [5.41, 5.74) is 1.62. The number of sulfonamides is 1. The largest absolute Gasteiger partial charge is 0.378 e. The normalized spacial score (nSPS) is 13.2. The predicted octanol–water partition coefficient (Wildman–Crippen LogP) is 3.47. The Hall–Kier alpha value is -0.890. The molecule has 1 unspecified atom stereocenters. The number of primary sulfonamides is 1. The van der Waals surface area contributed by atoms with Crippen molar-refractivity contribution in [2.75, 3.05) is 5.32 Å². The van der Waals surface area contributed by atoms with Crippen molar-refractivity contribution < 1.29 is 8.42 Å². The van der Waals surface area contributed by atoms with Crippen molar-refractivity contribution in [3.05, 3.63) is 50.6 Å². The van der Waals surface area contributed by atoms with Gasteiger partial charge in [0, 0.05) is 15.0 Å². The number of thiophene rings is 1. The Bertz CT molecular complexity index is 681. The molecule has 3 N–H and O–H groups in total. The van der Waals surface area contributed by atoms with Crippen molar-refractivity contribution >= 4 is 43.0 Å². The van der Waals surface area contributed by atoms with Crippen molar-refractivity contribution in [3.8, 4) is 0 Å². The lowest BCUT2D eigenvalue weighted by atomic mass is 10.2. The van der Waals surface area contributed by atoms with Crippen LogP contribution in [0.3, 0.4) is 0 Å². The second kappa shape index (κ2) is 6.26. The van der Waals surface area contributed by atoms with E-state index in [1.807, 2.05) is 23.6 Å². The summed E-state index contributed by atoms with van der Waals surface area (Å²) in [6.07, 6.45) is 0. The van der Waals surface area contributed by atoms with Crippen LogP contribution in [-0.4, -0.2) is 8.42 Å². The van der Waals surface area contributed by atoms with Crippen molar-refractivity contribution in [1.29, 1.82) is 0 Å². The molecule has 1 heterocycles. The van der Waals surface area contributed by atoms with Gasteiger partial charge in [-0.2, -0.15) is 0 Å². The number of halogens is 1. The highest BCUT2D eigenvalue weighted by Gasteiger charge is 2.11. The maximum atomic E-state index is 11.0. The van der Waals surface area contributed by atoms with Crippen LogP contribution in [0.2, 0.25) is 0 Å². The van der Waals surface area contributed by atoms with Crippen LogP contribution in [0.1, 0.15) is 23.4 Å². The molecule has 0 saturated carbocycles. The molecule has 7 heteroatoms. The number of anilines is 1. The van der Waals surface area contributed by atoms with Crippen LogP contribution in [0.4, 0.5) is 5.69 Å². The molecule has 0 spiro atoms. The van der Waals surface area contributed by atoms with E-state index in [1.165, 1.54) is 4.88 Å². The average molecular weight is 375 g/mol. The molecule has 0 aliphatic heterocycles. The number of nitrogens with one attached hydrogen (secondary N) is 1. The molecule has 108 valence electrons. The molecular weight excluding hydrogens is 360 g/mol. The van der Waals surface area contributed by atoms with Gasteiger partial charge in [-0.05, 0) is 52.0 Å². The maximum Gasteiger partial charge on any atom is 0.213 e. The van der Waals surface area contributed by atoms with Gasteiger partial charge in [-0.3, -0.25) is 0 Å². The Kier molecular flexibility index (Phi) is 4.85. The first-order valence-corrected chi connectivity index (χ1v) is 9.33. The number of hydrogen-bond acceptors (Lipinski definition) is 4. The van der Waals surface area contributed by atoms with Gasteiger partial charge >= 0.3 is 0 Å². The van der Waals surface area contributed by atoms with E-state index in [-0.39, 0.29) is 11.8 Å². The van der Waals surface area contributed by atoms with Gasteiger partial charge in [0.2, 0.25) is 10.0 Å². The van der Waals surface area contributed by atoms with Crippen LogP contribution in [0.25, 0.3) is 0 Å². The summed E-state index contributed by atoms with van der Waals surface area (Å²) in [7, 11) is -3.48. The Labute approximate surface area is 131 Å². The SMILES string of the molecule is CC(Nc1ccc(CS(N)(=O)=O)cc1)c1sccc1Br. The molecule has 2 aromatic rings. The molecule has 1 aromatic heterocycles. The zero-order valence-corrected chi connectivity index (χ0v) is 14.1. The summed E-state index contributed by atoms with van der Waals surface area (Å²) in [4.78, 5) is 1.22. The minimum absolute atomic E-state index is 0.140. The maximum absolute atomic E-state index is 11.0. The molecule has 0 amide bonds. The highest BCUT2D eigenvalue weighted by molar-refractivity contribution is 9.10. The molecule has 4 nitrogen and oxygen atoms in total. The van der Waals surface area contributed by atoms with Crippen molar-refractivity contribution in [2.45, 2.75) is 18.7 Å². The Morgan fingerprint density at radius 3 is 2.45 bits per heavy atom. The molecule has 0 aliphatic rings. The smallest absolute Gasteiger partial charge is 0.213 e. The lowest BCUT2D eigenvalue weighted by molar-refractivity contribution is 0.597. The summed E-state index contributed by atoms with van der Waals surface area (Å²) >= 11 is 5.20. The van der Waals surface area contributed by atoms with E-state index in [2.05, 4.69) is 28.2 Å². The van der Waals surface area contributed by atoms with Crippen molar-refractivity contribution in [2.24, 2.45) is 5.14 Å². The molecule has 0 saturated heterocycles. The number of hydrogen-bond donors (Lipinski definition) is 2. The molecule has 1 aromatic carbocycles. The van der Waals surface area contributed by atoms with Crippen LogP contribution in [0.15, 0.2) is 40.2 Å². The van der Waals surface area contributed by atoms with Gasteiger partial charge in [-0.15, -0.1) is 11.3 Å². The van der Waals surface area contributed by atoms with Crippen LogP contribution in [0.5, 0.6) is 0 Å². The lowest BCUT2D eigenvalue weighted by Gasteiger charge is -2.14.